The minimum atomic E-state index is -3.73. The van der Waals surface area contributed by atoms with Crippen LogP contribution in [-0.2, 0) is 14.8 Å². The summed E-state index contributed by atoms with van der Waals surface area (Å²) in [6, 6.07) is 11.6. The van der Waals surface area contributed by atoms with Gasteiger partial charge in [0.05, 0.1) is 27.9 Å². The molecular weight excluding hydrogens is 426 g/mol. The van der Waals surface area contributed by atoms with Crippen molar-refractivity contribution in [3.63, 3.8) is 0 Å². The number of carbonyl (C=O) groups excluding carboxylic acids is 2. The van der Waals surface area contributed by atoms with E-state index in [-0.39, 0.29) is 22.0 Å². The van der Waals surface area contributed by atoms with Gasteiger partial charge in [-0.25, -0.2) is 12.7 Å². The summed E-state index contributed by atoms with van der Waals surface area (Å²) in [5, 5.41) is 2.84. The van der Waals surface area contributed by atoms with Gasteiger partial charge >= 0.3 is 0 Å². The summed E-state index contributed by atoms with van der Waals surface area (Å²) in [6.45, 7) is 7.49. The highest BCUT2D eigenvalue weighted by molar-refractivity contribution is 7.94. The van der Waals surface area contributed by atoms with Gasteiger partial charge in [0.1, 0.15) is 0 Å². The third kappa shape index (κ3) is 4.29. The fourth-order valence-electron chi connectivity index (χ4n) is 3.44. The number of carbonyl (C=O) groups is 2. The number of amides is 2. The first-order valence-corrected chi connectivity index (χ1v) is 11.7. The van der Waals surface area contributed by atoms with Crippen LogP contribution in [0.25, 0.3) is 0 Å². The number of benzene rings is 2. The second kappa shape index (κ2) is 8.65. The quantitative estimate of drug-likeness (QED) is 0.725. The molecule has 30 heavy (non-hydrogen) atoms. The molecule has 9 heteroatoms. The Bertz CT molecular complexity index is 1070. The highest BCUT2D eigenvalue weighted by Gasteiger charge is 2.42. The molecule has 0 aliphatic carbocycles. The van der Waals surface area contributed by atoms with Crippen molar-refractivity contribution in [1.29, 1.82) is 0 Å². The van der Waals surface area contributed by atoms with Gasteiger partial charge in [-0.2, -0.15) is 0 Å². The van der Waals surface area contributed by atoms with E-state index < -0.39 is 27.8 Å². The van der Waals surface area contributed by atoms with E-state index in [2.05, 4.69) is 24.1 Å². The molecule has 2 aromatic carbocycles. The highest BCUT2D eigenvalue weighted by Crippen LogP contribution is 2.31. The van der Waals surface area contributed by atoms with Crippen LogP contribution in [0.5, 0.6) is 0 Å². The number of anilines is 3. The lowest BCUT2D eigenvalue weighted by Crippen LogP contribution is -2.30. The summed E-state index contributed by atoms with van der Waals surface area (Å²) >= 11 is 6.25. The predicted molar refractivity (Wildman–Crippen MR) is 120 cm³/mol. The molecule has 1 aliphatic heterocycles. The zero-order valence-corrected chi connectivity index (χ0v) is 18.6. The van der Waals surface area contributed by atoms with Crippen molar-refractivity contribution in [2.75, 3.05) is 33.4 Å². The molecule has 160 valence electrons. The number of nitrogens with zero attached hydrogens (tertiary/aromatic N) is 2. The molecule has 2 aromatic rings. The third-order valence-corrected chi connectivity index (χ3v) is 7.23. The van der Waals surface area contributed by atoms with Gasteiger partial charge in [0.2, 0.25) is 15.9 Å². The minimum Gasteiger partial charge on any atom is -0.372 e. The zero-order chi connectivity index (χ0) is 22.1. The highest BCUT2D eigenvalue weighted by atomic mass is 35.5. The van der Waals surface area contributed by atoms with Gasteiger partial charge in [0.25, 0.3) is 5.91 Å². The SMILES string of the molecule is CCN(CC)c1ccc(NC(=O)c2ccc(N3C(=O)C(C)CS3(=O)=O)cc2Cl)cc1. The fourth-order valence-corrected chi connectivity index (χ4v) is 5.52. The summed E-state index contributed by atoms with van der Waals surface area (Å²) in [4.78, 5) is 27.1. The summed E-state index contributed by atoms with van der Waals surface area (Å²) in [7, 11) is -3.73. The maximum atomic E-state index is 12.6. The van der Waals surface area contributed by atoms with Crippen LogP contribution in [0.2, 0.25) is 5.02 Å². The average Bonchev–Trinajstić information content (AvgIpc) is 2.90. The maximum absolute atomic E-state index is 12.6. The van der Waals surface area contributed by atoms with Crippen LogP contribution in [0.1, 0.15) is 31.1 Å². The van der Waals surface area contributed by atoms with Gasteiger partial charge < -0.3 is 10.2 Å². The van der Waals surface area contributed by atoms with E-state index in [0.717, 1.165) is 23.1 Å². The van der Waals surface area contributed by atoms with Gasteiger partial charge in [0.15, 0.2) is 0 Å². The molecular formula is C21H24ClN3O4S. The number of halogens is 1. The lowest BCUT2D eigenvalue weighted by molar-refractivity contribution is -0.119. The first-order valence-electron chi connectivity index (χ1n) is 9.70. The van der Waals surface area contributed by atoms with Gasteiger partial charge in [-0.1, -0.05) is 18.5 Å². The molecule has 0 radical (unpaired) electrons. The Labute approximate surface area is 181 Å². The molecule has 3 rings (SSSR count). The van der Waals surface area contributed by atoms with Crippen LogP contribution in [0.4, 0.5) is 17.1 Å². The molecule has 0 spiro atoms. The largest absolute Gasteiger partial charge is 0.372 e. The number of hydrogen-bond donors (Lipinski definition) is 1. The number of hydrogen-bond acceptors (Lipinski definition) is 5. The molecule has 1 aliphatic rings. The summed E-state index contributed by atoms with van der Waals surface area (Å²) in [6.07, 6.45) is 0. The molecule has 1 N–H and O–H groups in total. The molecule has 1 heterocycles. The summed E-state index contributed by atoms with van der Waals surface area (Å²) in [5.74, 6) is -1.78. The first kappa shape index (κ1) is 22.1. The average molecular weight is 450 g/mol. The van der Waals surface area contributed by atoms with E-state index in [4.69, 9.17) is 11.6 Å². The smallest absolute Gasteiger partial charge is 0.257 e. The van der Waals surface area contributed by atoms with E-state index in [1.54, 1.807) is 6.92 Å². The third-order valence-electron chi connectivity index (χ3n) is 5.05. The molecule has 2 amide bonds. The van der Waals surface area contributed by atoms with E-state index in [1.807, 2.05) is 24.3 Å². The second-order valence-electron chi connectivity index (χ2n) is 7.12. The van der Waals surface area contributed by atoms with Crippen LogP contribution in [-0.4, -0.2) is 39.1 Å². The first-order chi connectivity index (χ1) is 14.2. The van der Waals surface area contributed by atoms with E-state index in [1.165, 1.54) is 18.2 Å². The summed E-state index contributed by atoms with van der Waals surface area (Å²) < 4.78 is 25.3. The Balaban J connectivity index is 1.79. The van der Waals surface area contributed by atoms with Crippen LogP contribution < -0.4 is 14.5 Å². The molecule has 1 unspecified atom stereocenters. The molecule has 1 saturated heterocycles. The second-order valence-corrected chi connectivity index (χ2v) is 9.39. The topological polar surface area (TPSA) is 86.8 Å². The van der Waals surface area contributed by atoms with Crippen molar-refractivity contribution in [1.82, 2.24) is 0 Å². The molecule has 0 bridgehead atoms. The molecule has 7 nitrogen and oxygen atoms in total. The van der Waals surface area contributed by atoms with Crippen LogP contribution >= 0.6 is 11.6 Å². The Morgan fingerprint density at radius 3 is 2.30 bits per heavy atom. The van der Waals surface area contributed by atoms with Crippen molar-refractivity contribution in [3.05, 3.63) is 53.1 Å². The molecule has 0 saturated carbocycles. The number of sulfonamides is 1. The Morgan fingerprint density at radius 1 is 1.17 bits per heavy atom. The van der Waals surface area contributed by atoms with Crippen LogP contribution in [0.15, 0.2) is 42.5 Å². The van der Waals surface area contributed by atoms with Crippen molar-refractivity contribution < 1.29 is 18.0 Å². The number of nitrogens with one attached hydrogen (secondary N) is 1. The lowest BCUT2D eigenvalue weighted by atomic mass is 10.1. The zero-order valence-electron chi connectivity index (χ0n) is 17.1. The van der Waals surface area contributed by atoms with Crippen LogP contribution in [0.3, 0.4) is 0 Å². The fraction of sp³-hybridized carbons (Fsp3) is 0.333. The maximum Gasteiger partial charge on any atom is 0.257 e. The van der Waals surface area contributed by atoms with E-state index in [0.29, 0.717) is 5.69 Å². The number of rotatable bonds is 6. The van der Waals surface area contributed by atoms with Gasteiger partial charge in [-0.3, -0.25) is 9.59 Å². The monoisotopic (exact) mass is 449 g/mol. The van der Waals surface area contributed by atoms with Gasteiger partial charge in [-0.15, -0.1) is 0 Å². The van der Waals surface area contributed by atoms with Gasteiger partial charge in [-0.05, 0) is 56.3 Å². The normalized spacial score (nSPS) is 17.8. The Morgan fingerprint density at radius 2 is 1.80 bits per heavy atom. The van der Waals surface area contributed by atoms with Crippen molar-refractivity contribution in [3.8, 4) is 0 Å². The minimum absolute atomic E-state index is 0.0623. The van der Waals surface area contributed by atoms with Crippen molar-refractivity contribution in [2.24, 2.45) is 5.92 Å². The lowest BCUT2D eigenvalue weighted by Gasteiger charge is -2.21. The molecule has 0 aromatic heterocycles. The van der Waals surface area contributed by atoms with Gasteiger partial charge in [0, 0.05) is 24.5 Å². The van der Waals surface area contributed by atoms with Crippen molar-refractivity contribution >= 4 is 50.5 Å². The predicted octanol–water partition coefficient (Wildman–Crippen LogP) is 3.75. The van der Waals surface area contributed by atoms with Crippen molar-refractivity contribution in [2.45, 2.75) is 20.8 Å². The summed E-state index contributed by atoms with van der Waals surface area (Å²) in [5.41, 5.74) is 1.99. The van der Waals surface area contributed by atoms with E-state index >= 15 is 0 Å². The molecule has 1 atom stereocenters. The standard InChI is InChI=1S/C21H24ClN3O4S/c1-4-24(5-2)16-8-6-15(7-9-16)23-20(26)18-11-10-17(12-19(18)22)25-21(27)14(3)13-30(25,28)29/h6-12,14H,4-5,13H2,1-3H3,(H,23,26). The Hall–Kier alpha value is -2.58. The Kier molecular flexibility index (Phi) is 6.38. The molecule has 1 fully saturated rings. The van der Waals surface area contributed by atoms with E-state index in [9.17, 15) is 18.0 Å². The van der Waals surface area contributed by atoms with Crippen LogP contribution in [0, 0.1) is 5.92 Å².